The predicted octanol–water partition coefficient (Wildman–Crippen LogP) is 2.86. The summed E-state index contributed by atoms with van der Waals surface area (Å²) in [6.45, 7) is 0.964. The maximum atomic E-state index is 13.2. The van der Waals surface area contributed by atoms with Gasteiger partial charge in [-0.1, -0.05) is 54.1 Å². The summed E-state index contributed by atoms with van der Waals surface area (Å²) in [5.74, 6) is -0.497. The van der Waals surface area contributed by atoms with E-state index in [4.69, 9.17) is 22.1 Å². The van der Waals surface area contributed by atoms with Crippen LogP contribution in [-0.2, 0) is 22.7 Å². The van der Waals surface area contributed by atoms with Gasteiger partial charge in [-0.05, 0) is 31.8 Å². The summed E-state index contributed by atoms with van der Waals surface area (Å²) in [7, 11) is 3.85. The highest BCUT2D eigenvalue weighted by Gasteiger charge is 2.20. The number of carbonyl (C=O) groups is 1. The summed E-state index contributed by atoms with van der Waals surface area (Å²) in [6.07, 6.45) is 0. The molecule has 0 saturated heterocycles. The standard InChI is InChI=1S/C23H26ClN5O3/c1-28(2)12-11-26-22-23(31)29(14-19(30)32-15-16-7-4-3-5-8-16)20(21(24)27-22)17-9-6-10-18(25)13-17/h3-10,13H,11-12,14-15,25H2,1-2H3,(H,26,27). The van der Waals surface area contributed by atoms with Gasteiger partial charge in [-0.15, -0.1) is 0 Å². The molecule has 0 saturated carbocycles. The number of rotatable bonds is 9. The number of esters is 1. The summed E-state index contributed by atoms with van der Waals surface area (Å²) in [6, 6.07) is 16.2. The first-order valence-electron chi connectivity index (χ1n) is 10.1. The SMILES string of the molecule is CN(C)CCNc1nc(Cl)c(-c2cccc(N)c2)n(CC(=O)OCc2ccccc2)c1=O. The van der Waals surface area contributed by atoms with E-state index in [9.17, 15) is 9.59 Å². The number of benzene rings is 2. The van der Waals surface area contributed by atoms with Crippen molar-refractivity contribution in [1.29, 1.82) is 0 Å². The normalized spacial score (nSPS) is 10.9. The van der Waals surface area contributed by atoms with E-state index in [0.29, 0.717) is 30.0 Å². The zero-order valence-electron chi connectivity index (χ0n) is 18.0. The Hall–Kier alpha value is -3.36. The van der Waals surface area contributed by atoms with Crippen LogP contribution in [0.4, 0.5) is 11.5 Å². The first kappa shape index (κ1) is 23.3. The highest BCUT2D eigenvalue weighted by molar-refractivity contribution is 6.32. The first-order valence-corrected chi connectivity index (χ1v) is 10.5. The molecule has 0 aliphatic heterocycles. The van der Waals surface area contributed by atoms with Gasteiger partial charge in [0.25, 0.3) is 5.56 Å². The number of halogens is 1. The fraction of sp³-hybridized carbons (Fsp3) is 0.261. The first-order chi connectivity index (χ1) is 15.3. The summed E-state index contributed by atoms with van der Waals surface area (Å²) in [5.41, 5.74) is 7.67. The minimum atomic E-state index is -0.567. The van der Waals surface area contributed by atoms with Crippen molar-refractivity contribution in [1.82, 2.24) is 14.5 Å². The van der Waals surface area contributed by atoms with E-state index in [1.54, 1.807) is 24.3 Å². The zero-order chi connectivity index (χ0) is 23.1. The van der Waals surface area contributed by atoms with E-state index in [1.807, 2.05) is 49.3 Å². The highest BCUT2D eigenvalue weighted by atomic mass is 35.5. The van der Waals surface area contributed by atoms with Crippen LogP contribution >= 0.6 is 11.6 Å². The maximum absolute atomic E-state index is 13.2. The number of anilines is 2. The van der Waals surface area contributed by atoms with Gasteiger partial charge in [0.1, 0.15) is 13.2 Å². The van der Waals surface area contributed by atoms with Crippen LogP contribution in [0.1, 0.15) is 5.56 Å². The molecule has 3 N–H and O–H groups in total. The van der Waals surface area contributed by atoms with Crippen LogP contribution in [0.15, 0.2) is 59.4 Å². The number of carbonyl (C=O) groups excluding carboxylic acids is 1. The Kier molecular flexibility index (Phi) is 7.86. The fourth-order valence-corrected chi connectivity index (χ4v) is 3.37. The molecule has 3 aromatic rings. The Morgan fingerprint density at radius 2 is 1.94 bits per heavy atom. The second kappa shape index (κ2) is 10.8. The second-order valence-electron chi connectivity index (χ2n) is 7.49. The van der Waals surface area contributed by atoms with E-state index < -0.39 is 11.5 Å². The largest absolute Gasteiger partial charge is 0.459 e. The predicted molar refractivity (Wildman–Crippen MR) is 127 cm³/mol. The van der Waals surface area contributed by atoms with Crippen LogP contribution in [0.2, 0.25) is 5.15 Å². The Balaban J connectivity index is 1.93. The van der Waals surface area contributed by atoms with Gasteiger partial charge in [0.05, 0.1) is 5.69 Å². The van der Waals surface area contributed by atoms with Crippen molar-refractivity contribution >= 4 is 29.1 Å². The summed E-state index contributed by atoms with van der Waals surface area (Å²) in [5, 5.41) is 3.08. The van der Waals surface area contributed by atoms with Crippen molar-refractivity contribution < 1.29 is 9.53 Å². The van der Waals surface area contributed by atoms with Crippen molar-refractivity contribution in [2.45, 2.75) is 13.2 Å². The minimum Gasteiger partial charge on any atom is -0.459 e. The van der Waals surface area contributed by atoms with E-state index in [2.05, 4.69) is 10.3 Å². The lowest BCUT2D eigenvalue weighted by molar-refractivity contribution is -0.145. The molecule has 32 heavy (non-hydrogen) atoms. The molecule has 0 bridgehead atoms. The molecule has 0 atom stereocenters. The van der Waals surface area contributed by atoms with Crippen molar-refractivity contribution in [3.63, 3.8) is 0 Å². The van der Waals surface area contributed by atoms with Gasteiger partial charge >= 0.3 is 5.97 Å². The Bertz CT molecular complexity index is 1130. The van der Waals surface area contributed by atoms with Crippen molar-refractivity contribution in [2.24, 2.45) is 0 Å². The maximum Gasteiger partial charge on any atom is 0.326 e. The molecular weight excluding hydrogens is 430 g/mol. The van der Waals surface area contributed by atoms with Gasteiger partial charge in [0, 0.05) is 24.3 Å². The van der Waals surface area contributed by atoms with Gasteiger partial charge in [-0.2, -0.15) is 0 Å². The molecule has 168 valence electrons. The highest BCUT2D eigenvalue weighted by Crippen LogP contribution is 2.27. The summed E-state index contributed by atoms with van der Waals surface area (Å²) < 4.78 is 6.65. The lowest BCUT2D eigenvalue weighted by Crippen LogP contribution is -2.32. The topological polar surface area (TPSA) is 102 Å². The molecule has 1 aromatic heterocycles. The molecular formula is C23H26ClN5O3. The van der Waals surface area contributed by atoms with Gasteiger partial charge in [0.15, 0.2) is 11.0 Å². The number of ether oxygens (including phenoxy) is 1. The number of nitrogens with one attached hydrogen (secondary N) is 1. The molecule has 2 aromatic carbocycles. The molecule has 0 fully saturated rings. The third-order valence-electron chi connectivity index (χ3n) is 4.66. The Morgan fingerprint density at radius 3 is 2.62 bits per heavy atom. The number of nitrogens with zero attached hydrogens (tertiary/aromatic N) is 3. The van der Waals surface area contributed by atoms with Crippen molar-refractivity contribution in [3.8, 4) is 11.3 Å². The van der Waals surface area contributed by atoms with Crippen LogP contribution < -0.4 is 16.6 Å². The third-order valence-corrected chi connectivity index (χ3v) is 4.93. The van der Waals surface area contributed by atoms with E-state index in [-0.39, 0.29) is 24.1 Å². The Labute approximate surface area is 191 Å². The molecule has 1 heterocycles. The molecule has 0 aliphatic rings. The van der Waals surface area contributed by atoms with E-state index in [1.165, 1.54) is 4.57 Å². The molecule has 0 aliphatic carbocycles. The number of likely N-dealkylation sites (N-methyl/N-ethyl adjacent to an activating group) is 1. The molecule has 0 amide bonds. The molecule has 9 heteroatoms. The number of nitrogens with two attached hydrogens (primary N) is 1. The smallest absolute Gasteiger partial charge is 0.326 e. The van der Waals surface area contributed by atoms with E-state index in [0.717, 1.165) is 5.56 Å². The van der Waals surface area contributed by atoms with Crippen molar-refractivity contribution in [3.05, 3.63) is 75.7 Å². The quantitative estimate of drug-likeness (QED) is 0.377. The van der Waals surface area contributed by atoms with Crippen molar-refractivity contribution in [2.75, 3.05) is 38.2 Å². The third kappa shape index (κ3) is 6.09. The van der Waals surface area contributed by atoms with Crippen LogP contribution in [0.25, 0.3) is 11.3 Å². The van der Waals surface area contributed by atoms with Gasteiger partial charge < -0.3 is 20.7 Å². The van der Waals surface area contributed by atoms with E-state index >= 15 is 0 Å². The molecule has 3 rings (SSSR count). The number of hydrogen-bond donors (Lipinski definition) is 2. The van der Waals surface area contributed by atoms with Crippen LogP contribution in [0, 0.1) is 0 Å². The lowest BCUT2D eigenvalue weighted by Gasteiger charge is -2.17. The summed E-state index contributed by atoms with van der Waals surface area (Å²) >= 11 is 6.48. The number of hydrogen-bond acceptors (Lipinski definition) is 7. The van der Waals surface area contributed by atoms with Gasteiger partial charge in [-0.25, -0.2) is 4.98 Å². The van der Waals surface area contributed by atoms with Gasteiger partial charge in [0.2, 0.25) is 0 Å². The number of nitrogen functional groups attached to an aromatic ring is 1. The number of aromatic nitrogens is 2. The molecule has 8 nitrogen and oxygen atoms in total. The molecule has 0 radical (unpaired) electrons. The fourth-order valence-electron chi connectivity index (χ4n) is 3.08. The average molecular weight is 456 g/mol. The second-order valence-corrected chi connectivity index (χ2v) is 7.85. The van der Waals surface area contributed by atoms with Gasteiger partial charge in [-0.3, -0.25) is 14.2 Å². The average Bonchev–Trinajstić information content (AvgIpc) is 2.76. The summed E-state index contributed by atoms with van der Waals surface area (Å²) in [4.78, 5) is 32.0. The molecule has 0 unspecified atom stereocenters. The molecule has 0 spiro atoms. The van der Waals surface area contributed by atoms with Crippen LogP contribution in [0.5, 0.6) is 0 Å². The van der Waals surface area contributed by atoms with Crippen LogP contribution in [0.3, 0.4) is 0 Å². The monoisotopic (exact) mass is 455 g/mol. The minimum absolute atomic E-state index is 0.0698. The van der Waals surface area contributed by atoms with Crippen LogP contribution in [-0.4, -0.2) is 47.6 Å². The lowest BCUT2D eigenvalue weighted by atomic mass is 10.1. The Morgan fingerprint density at radius 1 is 1.19 bits per heavy atom. The zero-order valence-corrected chi connectivity index (χ0v) is 18.8.